The molecular weight excluding hydrogens is 202 g/mol. The third kappa shape index (κ3) is 2.39. The zero-order valence-corrected chi connectivity index (χ0v) is 10.2. The van der Waals surface area contributed by atoms with Gasteiger partial charge in [-0.3, -0.25) is 4.90 Å². The summed E-state index contributed by atoms with van der Waals surface area (Å²) >= 11 is 0. The lowest BCUT2D eigenvalue weighted by Gasteiger charge is -2.15. The molecular formula is C12H19N3O. The average molecular weight is 221 g/mol. The number of hydrogen-bond donors (Lipinski definition) is 1. The quantitative estimate of drug-likeness (QED) is 0.808. The van der Waals surface area contributed by atoms with Crippen LogP contribution in [0.3, 0.4) is 0 Å². The van der Waals surface area contributed by atoms with Gasteiger partial charge in [0, 0.05) is 24.5 Å². The van der Waals surface area contributed by atoms with Gasteiger partial charge in [0.25, 0.3) is 0 Å². The van der Waals surface area contributed by atoms with Crippen LogP contribution in [0, 0.1) is 20.8 Å². The first-order chi connectivity index (χ1) is 7.56. The van der Waals surface area contributed by atoms with Gasteiger partial charge in [0.15, 0.2) is 0 Å². The van der Waals surface area contributed by atoms with E-state index in [4.69, 9.17) is 0 Å². The molecule has 1 atom stereocenters. The Balaban J connectivity index is 2.10. The second-order valence-electron chi connectivity index (χ2n) is 4.61. The Morgan fingerprint density at radius 3 is 2.38 bits per heavy atom. The molecule has 16 heavy (non-hydrogen) atoms. The second kappa shape index (κ2) is 4.47. The predicted octanol–water partition coefficient (Wildman–Crippen LogP) is 0.968. The van der Waals surface area contributed by atoms with Crippen molar-refractivity contribution in [3.63, 3.8) is 0 Å². The van der Waals surface area contributed by atoms with E-state index in [1.54, 1.807) is 0 Å². The van der Waals surface area contributed by atoms with E-state index in [1.807, 2.05) is 20.8 Å². The fourth-order valence-corrected chi connectivity index (χ4v) is 2.07. The highest BCUT2D eigenvalue weighted by molar-refractivity contribution is 5.22. The molecule has 1 unspecified atom stereocenters. The minimum atomic E-state index is -0.173. The third-order valence-corrected chi connectivity index (χ3v) is 3.29. The van der Waals surface area contributed by atoms with Crippen molar-refractivity contribution >= 4 is 0 Å². The highest BCUT2D eigenvalue weighted by atomic mass is 16.3. The van der Waals surface area contributed by atoms with Crippen molar-refractivity contribution in [3.05, 3.63) is 22.8 Å². The highest BCUT2D eigenvalue weighted by Gasteiger charge is 2.21. The summed E-state index contributed by atoms with van der Waals surface area (Å²) in [4.78, 5) is 11.2. The van der Waals surface area contributed by atoms with Crippen molar-refractivity contribution in [1.29, 1.82) is 0 Å². The van der Waals surface area contributed by atoms with Gasteiger partial charge >= 0.3 is 0 Å². The molecule has 4 heteroatoms. The van der Waals surface area contributed by atoms with Gasteiger partial charge in [0.1, 0.15) is 5.82 Å². The lowest BCUT2D eigenvalue weighted by Crippen LogP contribution is -2.23. The standard InChI is InChI=1S/C12H19N3O/c1-8-9(2)13-12(14-10(8)3)7-15-5-4-11(16)6-15/h11,16H,4-7H2,1-3H3. The van der Waals surface area contributed by atoms with Crippen molar-refractivity contribution in [2.45, 2.75) is 39.8 Å². The first kappa shape index (κ1) is 11.5. The highest BCUT2D eigenvalue weighted by Crippen LogP contribution is 2.13. The lowest BCUT2D eigenvalue weighted by molar-refractivity contribution is 0.174. The Labute approximate surface area is 96.3 Å². The van der Waals surface area contributed by atoms with Crippen LogP contribution < -0.4 is 0 Å². The number of nitrogens with zero attached hydrogens (tertiary/aromatic N) is 3. The molecule has 0 aliphatic carbocycles. The molecule has 0 aromatic carbocycles. The summed E-state index contributed by atoms with van der Waals surface area (Å²) in [5.41, 5.74) is 3.29. The topological polar surface area (TPSA) is 49.2 Å². The molecule has 1 N–H and O–H groups in total. The summed E-state index contributed by atoms with van der Waals surface area (Å²) in [6.07, 6.45) is 0.691. The number of aryl methyl sites for hydroxylation is 2. The van der Waals surface area contributed by atoms with E-state index in [9.17, 15) is 5.11 Å². The maximum atomic E-state index is 9.45. The first-order valence-electron chi connectivity index (χ1n) is 5.77. The van der Waals surface area contributed by atoms with Crippen LogP contribution >= 0.6 is 0 Å². The Bertz CT molecular complexity index is 369. The van der Waals surface area contributed by atoms with Crippen LogP contribution in [0.5, 0.6) is 0 Å². The van der Waals surface area contributed by atoms with Crippen LogP contribution in [0.15, 0.2) is 0 Å². The zero-order valence-electron chi connectivity index (χ0n) is 10.2. The van der Waals surface area contributed by atoms with Gasteiger partial charge in [-0.15, -0.1) is 0 Å². The summed E-state index contributed by atoms with van der Waals surface area (Å²) < 4.78 is 0. The van der Waals surface area contributed by atoms with Gasteiger partial charge < -0.3 is 5.11 Å². The summed E-state index contributed by atoms with van der Waals surface area (Å²) in [5.74, 6) is 0.870. The van der Waals surface area contributed by atoms with E-state index in [0.717, 1.165) is 43.3 Å². The number of aromatic nitrogens is 2. The van der Waals surface area contributed by atoms with Gasteiger partial charge in [-0.05, 0) is 32.8 Å². The monoisotopic (exact) mass is 221 g/mol. The smallest absolute Gasteiger partial charge is 0.142 e. The van der Waals surface area contributed by atoms with Crippen LogP contribution in [0.25, 0.3) is 0 Å². The van der Waals surface area contributed by atoms with Crippen molar-refractivity contribution < 1.29 is 5.11 Å². The number of aliphatic hydroxyl groups is 1. The van der Waals surface area contributed by atoms with Crippen LogP contribution in [-0.4, -0.2) is 39.2 Å². The maximum absolute atomic E-state index is 9.45. The molecule has 1 fully saturated rings. The van der Waals surface area contributed by atoms with Gasteiger partial charge in [0.05, 0.1) is 12.6 Å². The fraction of sp³-hybridized carbons (Fsp3) is 0.667. The van der Waals surface area contributed by atoms with Crippen LogP contribution in [-0.2, 0) is 6.54 Å². The normalized spacial score (nSPS) is 21.6. The molecule has 0 bridgehead atoms. The van der Waals surface area contributed by atoms with Gasteiger partial charge in [-0.25, -0.2) is 9.97 Å². The predicted molar refractivity (Wildman–Crippen MR) is 62.1 cm³/mol. The fourth-order valence-electron chi connectivity index (χ4n) is 2.07. The SMILES string of the molecule is Cc1nc(CN2CCC(O)C2)nc(C)c1C. The van der Waals surface area contributed by atoms with Gasteiger partial charge in [0.2, 0.25) is 0 Å². The van der Waals surface area contributed by atoms with Crippen molar-refractivity contribution in [1.82, 2.24) is 14.9 Å². The Morgan fingerprint density at radius 2 is 1.88 bits per heavy atom. The van der Waals surface area contributed by atoms with E-state index in [1.165, 1.54) is 5.56 Å². The average Bonchev–Trinajstić information content (AvgIpc) is 2.60. The molecule has 1 aliphatic heterocycles. The maximum Gasteiger partial charge on any atom is 0.142 e. The van der Waals surface area contributed by atoms with E-state index in [-0.39, 0.29) is 6.10 Å². The second-order valence-corrected chi connectivity index (χ2v) is 4.61. The summed E-state index contributed by atoms with van der Waals surface area (Å²) in [6, 6.07) is 0. The molecule has 1 aromatic rings. The first-order valence-corrected chi connectivity index (χ1v) is 5.77. The Morgan fingerprint density at radius 1 is 1.25 bits per heavy atom. The molecule has 2 rings (SSSR count). The summed E-state index contributed by atoms with van der Waals surface area (Å²) in [6.45, 7) is 8.53. The largest absolute Gasteiger partial charge is 0.392 e. The van der Waals surface area contributed by atoms with E-state index in [2.05, 4.69) is 14.9 Å². The van der Waals surface area contributed by atoms with Crippen molar-refractivity contribution in [3.8, 4) is 0 Å². The number of β-amino-alcohol motifs (C(OH)–C–C–N with tert-alkyl or cyclic N) is 1. The number of likely N-dealkylation sites (tertiary alicyclic amines) is 1. The molecule has 1 aromatic heterocycles. The molecule has 1 aliphatic rings. The molecule has 1 saturated heterocycles. The van der Waals surface area contributed by atoms with Crippen LogP contribution in [0.4, 0.5) is 0 Å². The Hall–Kier alpha value is -1.00. The molecule has 88 valence electrons. The van der Waals surface area contributed by atoms with E-state index in [0.29, 0.717) is 0 Å². The number of aliphatic hydroxyl groups excluding tert-OH is 1. The van der Waals surface area contributed by atoms with Gasteiger partial charge in [-0.2, -0.15) is 0 Å². The molecule has 2 heterocycles. The van der Waals surface area contributed by atoms with Crippen LogP contribution in [0.2, 0.25) is 0 Å². The Kier molecular flexibility index (Phi) is 3.21. The minimum Gasteiger partial charge on any atom is -0.392 e. The molecule has 4 nitrogen and oxygen atoms in total. The van der Waals surface area contributed by atoms with Crippen molar-refractivity contribution in [2.24, 2.45) is 0 Å². The van der Waals surface area contributed by atoms with E-state index < -0.39 is 0 Å². The third-order valence-electron chi connectivity index (χ3n) is 3.29. The van der Waals surface area contributed by atoms with Gasteiger partial charge in [-0.1, -0.05) is 0 Å². The summed E-state index contributed by atoms with van der Waals surface area (Å²) in [7, 11) is 0. The van der Waals surface area contributed by atoms with Crippen LogP contribution in [0.1, 0.15) is 29.2 Å². The molecule has 0 spiro atoms. The summed E-state index contributed by atoms with van der Waals surface area (Å²) in [5, 5.41) is 9.45. The zero-order chi connectivity index (χ0) is 11.7. The molecule has 0 saturated carbocycles. The lowest BCUT2D eigenvalue weighted by atomic mass is 10.2. The van der Waals surface area contributed by atoms with E-state index >= 15 is 0 Å². The van der Waals surface area contributed by atoms with Crippen molar-refractivity contribution in [2.75, 3.05) is 13.1 Å². The molecule has 0 radical (unpaired) electrons. The minimum absolute atomic E-state index is 0.173. The number of hydrogen-bond acceptors (Lipinski definition) is 4. The number of rotatable bonds is 2. The molecule has 0 amide bonds.